The van der Waals surface area contributed by atoms with Crippen LogP contribution in [0.3, 0.4) is 0 Å². The van der Waals surface area contributed by atoms with E-state index in [1.165, 1.54) is 12.5 Å². The van der Waals surface area contributed by atoms with Gasteiger partial charge < -0.3 is 14.7 Å². The average Bonchev–Trinajstić information content (AvgIpc) is 2.92. The lowest BCUT2D eigenvalue weighted by Crippen LogP contribution is -2.19. The van der Waals surface area contributed by atoms with Crippen molar-refractivity contribution in [3.05, 3.63) is 53.8 Å². The minimum atomic E-state index is -0.121. The molecule has 4 nitrogen and oxygen atoms in total. The average molecular weight is 270 g/mol. The van der Waals surface area contributed by atoms with E-state index in [-0.39, 0.29) is 5.91 Å². The third kappa shape index (κ3) is 3.02. The molecule has 2 N–H and O–H groups in total. The Labute approximate surface area is 117 Å². The van der Waals surface area contributed by atoms with Crippen LogP contribution in [-0.2, 0) is 11.3 Å². The predicted molar refractivity (Wildman–Crippen MR) is 76.9 cm³/mol. The quantitative estimate of drug-likeness (QED) is 0.820. The molecule has 1 aliphatic carbocycles. The lowest BCUT2D eigenvalue weighted by molar-refractivity contribution is -0.116. The molecular weight excluding hydrogens is 252 g/mol. The van der Waals surface area contributed by atoms with E-state index in [2.05, 4.69) is 17.2 Å². The molecule has 2 aromatic heterocycles. The van der Waals surface area contributed by atoms with Crippen molar-refractivity contribution < 1.29 is 9.21 Å². The van der Waals surface area contributed by atoms with Gasteiger partial charge in [0.25, 0.3) is 0 Å². The Balaban J connectivity index is 1.51. The second-order valence-electron chi connectivity index (χ2n) is 5.33. The van der Waals surface area contributed by atoms with Gasteiger partial charge in [-0.05, 0) is 42.2 Å². The Bertz CT molecular complexity index is 610. The molecule has 0 bridgehead atoms. The molecule has 0 saturated heterocycles. The Hall–Kier alpha value is -2.23. The first kappa shape index (κ1) is 12.8. The van der Waals surface area contributed by atoms with Crippen LogP contribution in [0.25, 0.3) is 6.08 Å². The second-order valence-corrected chi connectivity index (χ2v) is 5.33. The van der Waals surface area contributed by atoms with Crippen molar-refractivity contribution in [1.29, 1.82) is 0 Å². The van der Waals surface area contributed by atoms with Crippen molar-refractivity contribution in [2.45, 2.75) is 25.8 Å². The van der Waals surface area contributed by atoms with E-state index in [1.54, 1.807) is 6.08 Å². The number of furan rings is 1. The molecular formula is C16H18N2O2. The molecule has 3 rings (SSSR count). The van der Waals surface area contributed by atoms with Crippen LogP contribution < -0.4 is 5.32 Å². The van der Waals surface area contributed by atoms with E-state index >= 15 is 0 Å². The number of H-pyrrole nitrogens is 1. The number of amides is 1. The highest BCUT2D eigenvalue weighted by Crippen LogP contribution is 2.47. The Morgan fingerprint density at radius 3 is 3.05 bits per heavy atom. The Morgan fingerprint density at radius 2 is 2.35 bits per heavy atom. The molecule has 104 valence electrons. The zero-order chi connectivity index (χ0) is 13.9. The fourth-order valence-electron chi connectivity index (χ4n) is 2.25. The van der Waals surface area contributed by atoms with Gasteiger partial charge in [-0.2, -0.15) is 0 Å². The normalized spacial score (nSPS) is 21.2. The number of nitrogens with one attached hydrogen (secondary N) is 2. The number of rotatable bonds is 5. The first-order valence-corrected chi connectivity index (χ1v) is 6.89. The van der Waals surface area contributed by atoms with Crippen molar-refractivity contribution in [1.82, 2.24) is 10.3 Å². The van der Waals surface area contributed by atoms with E-state index in [1.807, 2.05) is 30.6 Å². The van der Waals surface area contributed by atoms with Gasteiger partial charge in [-0.15, -0.1) is 0 Å². The number of aromatic amines is 1. The van der Waals surface area contributed by atoms with E-state index in [0.29, 0.717) is 12.5 Å². The molecule has 2 unspecified atom stereocenters. The molecule has 4 heteroatoms. The highest BCUT2D eigenvalue weighted by molar-refractivity contribution is 5.91. The monoisotopic (exact) mass is 270 g/mol. The van der Waals surface area contributed by atoms with E-state index in [4.69, 9.17) is 4.42 Å². The third-order valence-electron chi connectivity index (χ3n) is 3.65. The van der Waals surface area contributed by atoms with Crippen molar-refractivity contribution in [3.8, 4) is 0 Å². The first-order chi connectivity index (χ1) is 9.72. The molecule has 0 spiro atoms. The second kappa shape index (κ2) is 5.41. The summed E-state index contributed by atoms with van der Waals surface area (Å²) in [6.45, 7) is 2.74. The van der Waals surface area contributed by atoms with E-state index in [9.17, 15) is 4.79 Å². The molecule has 1 aliphatic rings. The Morgan fingerprint density at radius 1 is 1.50 bits per heavy atom. The maximum Gasteiger partial charge on any atom is 0.244 e. The van der Waals surface area contributed by atoms with Gasteiger partial charge in [-0.25, -0.2) is 0 Å². The summed E-state index contributed by atoms with van der Waals surface area (Å²) < 4.78 is 5.71. The van der Waals surface area contributed by atoms with Gasteiger partial charge >= 0.3 is 0 Å². The van der Waals surface area contributed by atoms with Gasteiger partial charge in [0.1, 0.15) is 11.5 Å². The van der Waals surface area contributed by atoms with Crippen LogP contribution >= 0.6 is 0 Å². The van der Waals surface area contributed by atoms with Crippen LogP contribution in [-0.4, -0.2) is 10.9 Å². The summed E-state index contributed by atoms with van der Waals surface area (Å²) in [4.78, 5) is 14.6. The summed E-state index contributed by atoms with van der Waals surface area (Å²) in [5.41, 5.74) is 1.05. The smallest absolute Gasteiger partial charge is 0.244 e. The SMILES string of the molecule is CC1CC1c1ccc(/C=C/C(=O)NCc2cc[nH]c2)o1. The van der Waals surface area contributed by atoms with Gasteiger partial charge in [0.05, 0.1) is 0 Å². The van der Waals surface area contributed by atoms with Crippen molar-refractivity contribution in [2.75, 3.05) is 0 Å². The number of carbonyl (C=O) groups is 1. The van der Waals surface area contributed by atoms with Crippen LogP contribution in [0, 0.1) is 5.92 Å². The molecule has 1 fully saturated rings. The summed E-state index contributed by atoms with van der Waals surface area (Å²) in [6, 6.07) is 5.85. The largest absolute Gasteiger partial charge is 0.461 e. The fraction of sp³-hybridized carbons (Fsp3) is 0.312. The Kier molecular flexibility index (Phi) is 3.46. The van der Waals surface area contributed by atoms with Gasteiger partial charge in [-0.3, -0.25) is 4.79 Å². The first-order valence-electron chi connectivity index (χ1n) is 6.89. The third-order valence-corrected chi connectivity index (χ3v) is 3.65. The molecule has 2 heterocycles. The van der Waals surface area contributed by atoms with Gasteiger partial charge in [0.15, 0.2) is 0 Å². The fourth-order valence-corrected chi connectivity index (χ4v) is 2.25. The van der Waals surface area contributed by atoms with Gasteiger partial charge in [-0.1, -0.05) is 6.92 Å². The molecule has 0 aromatic carbocycles. The standard InChI is InChI=1S/C16H18N2O2/c1-11-8-14(11)15-4-2-13(20-15)3-5-16(19)18-10-12-6-7-17-9-12/h2-7,9,11,14,17H,8,10H2,1H3,(H,18,19)/b5-3+. The molecule has 2 aromatic rings. The van der Waals surface area contributed by atoms with Crippen LogP contribution in [0.4, 0.5) is 0 Å². The number of carbonyl (C=O) groups excluding carboxylic acids is 1. The molecule has 20 heavy (non-hydrogen) atoms. The van der Waals surface area contributed by atoms with Crippen molar-refractivity contribution in [2.24, 2.45) is 5.92 Å². The van der Waals surface area contributed by atoms with Crippen molar-refractivity contribution in [3.63, 3.8) is 0 Å². The van der Waals surface area contributed by atoms with E-state index < -0.39 is 0 Å². The van der Waals surface area contributed by atoms with Gasteiger partial charge in [0.2, 0.25) is 5.91 Å². The minimum Gasteiger partial charge on any atom is -0.461 e. The van der Waals surface area contributed by atoms with Crippen LogP contribution in [0.15, 0.2) is 41.1 Å². The summed E-state index contributed by atoms with van der Waals surface area (Å²) in [5, 5.41) is 2.82. The molecule has 0 aliphatic heterocycles. The topological polar surface area (TPSA) is 58.0 Å². The van der Waals surface area contributed by atoms with Gasteiger partial charge in [0, 0.05) is 30.9 Å². The summed E-state index contributed by atoms with van der Waals surface area (Å²) in [5.74, 6) is 2.94. The van der Waals surface area contributed by atoms with Crippen LogP contribution in [0.1, 0.15) is 36.3 Å². The maximum absolute atomic E-state index is 11.7. The zero-order valence-electron chi connectivity index (χ0n) is 11.4. The number of hydrogen-bond acceptors (Lipinski definition) is 2. The number of aromatic nitrogens is 1. The summed E-state index contributed by atoms with van der Waals surface area (Å²) >= 11 is 0. The van der Waals surface area contributed by atoms with E-state index in [0.717, 1.165) is 23.0 Å². The highest BCUT2D eigenvalue weighted by Gasteiger charge is 2.36. The number of hydrogen-bond donors (Lipinski definition) is 2. The predicted octanol–water partition coefficient (Wildman–Crippen LogP) is 3.06. The molecule has 1 saturated carbocycles. The molecule has 2 atom stereocenters. The van der Waals surface area contributed by atoms with Crippen LogP contribution in [0.2, 0.25) is 0 Å². The maximum atomic E-state index is 11.7. The zero-order valence-corrected chi connectivity index (χ0v) is 11.4. The molecule has 0 radical (unpaired) electrons. The lowest BCUT2D eigenvalue weighted by Gasteiger charge is -1.98. The molecule has 1 amide bonds. The minimum absolute atomic E-state index is 0.121. The highest BCUT2D eigenvalue weighted by atomic mass is 16.3. The summed E-state index contributed by atoms with van der Waals surface area (Å²) in [7, 11) is 0. The summed E-state index contributed by atoms with van der Waals surface area (Å²) in [6.07, 6.45) is 8.11. The van der Waals surface area contributed by atoms with Crippen molar-refractivity contribution >= 4 is 12.0 Å². The lowest BCUT2D eigenvalue weighted by atomic mass is 10.3. The van der Waals surface area contributed by atoms with Crippen LogP contribution in [0.5, 0.6) is 0 Å².